The van der Waals surface area contributed by atoms with Gasteiger partial charge >= 0.3 is 6.47 Å². The van der Waals surface area contributed by atoms with E-state index in [0.717, 1.165) is 19.3 Å². The lowest BCUT2D eigenvalue weighted by Gasteiger charge is -2.10. The van der Waals surface area contributed by atoms with Crippen molar-refractivity contribution in [1.29, 1.82) is 0 Å². The van der Waals surface area contributed by atoms with Gasteiger partial charge in [0, 0.05) is 0 Å². The fraction of sp³-hybridized carbons (Fsp3) is 0.889. The molecule has 63 valence electrons. The van der Waals surface area contributed by atoms with Gasteiger partial charge in [0.25, 0.3) is 0 Å². The Bertz CT molecular complexity index is 128. The largest absolute Gasteiger partial charge is 0.451 e. The van der Waals surface area contributed by atoms with Crippen LogP contribution < -0.4 is 0 Å². The van der Waals surface area contributed by atoms with Crippen LogP contribution in [0.3, 0.4) is 0 Å². The van der Waals surface area contributed by atoms with Gasteiger partial charge in [-0.25, -0.2) is 4.79 Å². The Labute approximate surface area is 67.9 Å². The maximum absolute atomic E-state index is 9.95. The third-order valence-electron chi connectivity index (χ3n) is 2.30. The first-order valence-electron chi connectivity index (χ1n) is 4.38. The Morgan fingerprint density at radius 3 is 2.64 bits per heavy atom. The number of carbonyl (C=O) groups excluding carboxylic acids is 1. The second-order valence-corrected chi connectivity index (χ2v) is 3.33. The van der Waals surface area contributed by atoms with E-state index in [1.54, 1.807) is 6.47 Å². The molecule has 0 N–H and O–H groups in total. The number of rotatable bonds is 6. The molecule has 1 saturated carbocycles. The molecule has 1 aliphatic carbocycles. The van der Waals surface area contributed by atoms with E-state index in [0.29, 0.717) is 0 Å². The van der Waals surface area contributed by atoms with Gasteiger partial charge in [-0.3, -0.25) is 0 Å². The maximum atomic E-state index is 9.95. The lowest BCUT2D eigenvalue weighted by atomic mass is 10.1. The first-order chi connectivity index (χ1) is 5.33. The highest BCUT2D eigenvalue weighted by molar-refractivity contribution is 5.40. The van der Waals surface area contributed by atoms with Crippen molar-refractivity contribution in [2.75, 3.05) is 0 Å². The molecule has 0 aliphatic heterocycles. The third-order valence-corrected chi connectivity index (χ3v) is 2.30. The molecule has 11 heavy (non-hydrogen) atoms. The molecule has 0 aromatic carbocycles. The Morgan fingerprint density at radius 1 is 1.45 bits per heavy atom. The van der Waals surface area contributed by atoms with E-state index in [4.69, 9.17) is 4.74 Å². The molecule has 0 saturated heterocycles. The predicted molar refractivity (Wildman–Crippen MR) is 42.9 cm³/mol. The average Bonchev–Trinajstić information content (AvgIpc) is 2.71. The average molecular weight is 155 g/mol. The van der Waals surface area contributed by atoms with Gasteiger partial charge < -0.3 is 4.74 Å². The van der Waals surface area contributed by atoms with E-state index < -0.39 is 0 Å². The molecule has 0 unspecified atom stereocenters. The van der Waals surface area contributed by atoms with Crippen LogP contribution in [0.2, 0.25) is 0 Å². The first kappa shape index (κ1) is 8.57. The number of unbranched alkanes of at least 4 members (excludes halogenated alkanes) is 2. The second-order valence-electron chi connectivity index (χ2n) is 3.33. The normalized spacial score (nSPS) is 19.4. The minimum Gasteiger partial charge on any atom is -0.451 e. The van der Waals surface area contributed by atoms with Crippen molar-refractivity contribution in [1.82, 2.24) is 0 Å². The first-order valence-corrected chi connectivity index (χ1v) is 4.38. The van der Waals surface area contributed by atoms with Crippen molar-refractivity contribution < 1.29 is 9.53 Å². The summed E-state index contributed by atoms with van der Waals surface area (Å²) in [7, 11) is 0. The van der Waals surface area contributed by atoms with Crippen molar-refractivity contribution in [3.63, 3.8) is 0 Å². The predicted octanol–water partition coefficient (Wildman–Crippen LogP) is 2.18. The Hall–Kier alpha value is -0.530. The molecular weight excluding hydrogens is 140 g/mol. The third kappa shape index (κ3) is 2.52. The zero-order chi connectivity index (χ0) is 8.16. The van der Waals surface area contributed by atoms with Gasteiger partial charge in [-0.1, -0.05) is 19.8 Å². The lowest BCUT2D eigenvalue weighted by Crippen LogP contribution is -2.12. The van der Waals surface area contributed by atoms with Crippen LogP contribution in [0.1, 0.15) is 45.4 Å². The van der Waals surface area contributed by atoms with E-state index in [9.17, 15) is 4.79 Å². The highest BCUT2D eigenvalue weighted by Crippen LogP contribution is 2.43. The Balaban J connectivity index is 2.09. The van der Waals surface area contributed by atoms with Crippen molar-refractivity contribution >= 4 is 6.47 Å². The number of hydrogen-bond donors (Lipinski definition) is 0. The zero-order valence-corrected chi connectivity index (χ0v) is 7.06. The van der Waals surface area contributed by atoms with E-state index in [-0.39, 0.29) is 5.60 Å². The SMILES string of the molecule is CCCCCC1(O[C]=O)CC1. The fourth-order valence-electron chi connectivity index (χ4n) is 1.33. The van der Waals surface area contributed by atoms with Crippen LogP contribution in [-0.2, 0) is 9.53 Å². The topological polar surface area (TPSA) is 26.3 Å². The Kier molecular flexibility index (Phi) is 2.92. The summed E-state index contributed by atoms with van der Waals surface area (Å²) in [4.78, 5) is 9.95. The molecule has 1 rings (SSSR count). The standard InChI is InChI=1S/C9H15O2/c1-2-3-4-5-9(6-7-9)11-8-10/h2-7H2,1H3. The van der Waals surface area contributed by atoms with Crippen LogP contribution in [0.25, 0.3) is 0 Å². The van der Waals surface area contributed by atoms with Crippen LogP contribution in [0.15, 0.2) is 0 Å². The van der Waals surface area contributed by atoms with Gasteiger partial charge in [0.05, 0.1) is 0 Å². The summed E-state index contributed by atoms with van der Waals surface area (Å²) in [6.07, 6.45) is 6.77. The molecule has 2 nitrogen and oxygen atoms in total. The number of ether oxygens (including phenoxy) is 1. The molecule has 0 heterocycles. The smallest absolute Gasteiger partial charge is 0.418 e. The minimum atomic E-state index is -0.0725. The molecule has 1 fully saturated rings. The molecule has 1 radical (unpaired) electrons. The van der Waals surface area contributed by atoms with Crippen LogP contribution in [-0.4, -0.2) is 12.1 Å². The van der Waals surface area contributed by atoms with Gasteiger partial charge in [-0.05, 0) is 25.7 Å². The maximum Gasteiger partial charge on any atom is 0.418 e. The summed E-state index contributed by atoms with van der Waals surface area (Å²) in [6.45, 7) is 3.72. The molecule has 0 atom stereocenters. The molecule has 0 amide bonds. The van der Waals surface area contributed by atoms with Crippen LogP contribution in [0.4, 0.5) is 0 Å². The zero-order valence-electron chi connectivity index (χ0n) is 7.06. The van der Waals surface area contributed by atoms with Gasteiger partial charge in [-0.2, -0.15) is 0 Å². The highest BCUT2D eigenvalue weighted by atomic mass is 16.5. The van der Waals surface area contributed by atoms with E-state index >= 15 is 0 Å². The highest BCUT2D eigenvalue weighted by Gasteiger charge is 2.44. The van der Waals surface area contributed by atoms with Crippen molar-refractivity contribution in [3.05, 3.63) is 0 Å². The van der Waals surface area contributed by atoms with Crippen molar-refractivity contribution in [3.8, 4) is 0 Å². The molecule has 2 heteroatoms. The van der Waals surface area contributed by atoms with Gasteiger partial charge in [-0.15, -0.1) is 0 Å². The molecule has 0 aromatic heterocycles. The molecule has 0 aromatic rings. The molecule has 0 spiro atoms. The summed E-state index contributed by atoms with van der Waals surface area (Å²) < 4.78 is 4.88. The fourth-order valence-corrected chi connectivity index (χ4v) is 1.33. The van der Waals surface area contributed by atoms with Gasteiger partial charge in [0.2, 0.25) is 0 Å². The summed E-state index contributed by atoms with van der Waals surface area (Å²) in [5.74, 6) is 0. The Morgan fingerprint density at radius 2 is 2.18 bits per heavy atom. The molecular formula is C9H15O2. The second kappa shape index (κ2) is 3.74. The van der Waals surface area contributed by atoms with E-state index in [1.165, 1.54) is 19.3 Å². The monoisotopic (exact) mass is 155 g/mol. The van der Waals surface area contributed by atoms with E-state index in [1.807, 2.05) is 0 Å². The summed E-state index contributed by atoms with van der Waals surface area (Å²) in [6, 6.07) is 0. The van der Waals surface area contributed by atoms with E-state index in [2.05, 4.69) is 6.92 Å². The lowest BCUT2D eigenvalue weighted by molar-refractivity contribution is 0.141. The number of hydrogen-bond acceptors (Lipinski definition) is 2. The molecule has 0 bridgehead atoms. The van der Waals surface area contributed by atoms with Crippen LogP contribution in [0, 0.1) is 0 Å². The molecule has 1 aliphatic rings. The summed E-state index contributed by atoms with van der Waals surface area (Å²) >= 11 is 0. The summed E-state index contributed by atoms with van der Waals surface area (Å²) in [5.41, 5.74) is -0.0725. The van der Waals surface area contributed by atoms with Crippen LogP contribution >= 0.6 is 0 Å². The van der Waals surface area contributed by atoms with Gasteiger partial charge in [0.15, 0.2) is 0 Å². The minimum absolute atomic E-state index is 0.0725. The van der Waals surface area contributed by atoms with Crippen LogP contribution in [0.5, 0.6) is 0 Å². The quantitative estimate of drug-likeness (QED) is 0.549. The van der Waals surface area contributed by atoms with Crippen molar-refractivity contribution in [2.45, 2.75) is 51.0 Å². The van der Waals surface area contributed by atoms with Gasteiger partial charge in [0.1, 0.15) is 5.60 Å². The van der Waals surface area contributed by atoms with Crippen molar-refractivity contribution in [2.24, 2.45) is 0 Å². The summed E-state index contributed by atoms with van der Waals surface area (Å²) in [5, 5.41) is 0.